The van der Waals surface area contributed by atoms with Gasteiger partial charge in [0, 0.05) is 13.1 Å². The van der Waals surface area contributed by atoms with E-state index < -0.39 is 5.38 Å². The van der Waals surface area contributed by atoms with Crippen molar-refractivity contribution in [2.24, 2.45) is 0 Å². The summed E-state index contributed by atoms with van der Waals surface area (Å²) in [6.45, 7) is 5.22. The van der Waals surface area contributed by atoms with Crippen LogP contribution in [-0.4, -0.2) is 22.7 Å². The summed E-state index contributed by atoms with van der Waals surface area (Å²) in [5, 5.41) is -0.399. The fourth-order valence-electron chi connectivity index (χ4n) is 1.52. The molecule has 1 amide bonds. The van der Waals surface area contributed by atoms with Gasteiger partial charge in [-0.25, -0.2) is 0 Å². The van der Waals surface area contributed by atoms with E-state index in [4.69, 9.17) is 11.6 Å². The Morgan fingerprint density at radius 1 is 1.31 bits per heavy atom. The van der Waals surface area contributed by atoms with E-state index in [1.54, 1.807) is 4.90 Å². The topological polar surface area (TPSA) is 20.3 Å². The molecule has 1 aromatic carbocycles. The van der Waals surface area contributed by atoms with Crippen molar-refractivity contribution in [3.05, 3.63) is 35.9 Å². The van der Waals surface area contributed by atoms with Gasteiger partial charge in [0.05, 0.1) is 0 Å². The van der Waals surface area contributed by atoms with E-state index in [9.17, 15) is 4.79 Å². The van der Waals surface area contributed by atoms with Crippen LogP contribution < -0.4 is 0 Å². The second kappa shape index (κ2) is 6.54. The van der Waals surface area contributed by atoms with Gasteiger partial charge < -0.3 is 4.90 Å². The van der Waals surface area contributed by atoms with Gasteiger partial charge in [0.25, 0.3) is 0 Å². The van der Waals surface area contributed by atoms with Crippen LogP contribution in [0, 0.1) is 0 Å². The van der Waals surface area contributed by atoms with Crippen molar-refractivity contribution in [1.82, 2.24) is 4.90 Å². The highest BCUT2D eigenvalue weighted by Gasteiger charge is 2.19. The number of hydrogen-bond donors (Lipinski definition) is 0. The van der Waals surface area contributed by atoms with E-state index in [0.717, 1.165) is 5.56 Å². The van der Waals surface area contributed by atoms with Crippen molar-refractivity contribution in [2.45, 2.75) is 32.2 Å². The minimum Gasteiger partial charge on any atom is -0.337 e. The molecule has 88 valence electrons. The molecule has 0 heterocycles. The Kier molecular flexibility index (Phi) is 5.33. The Balaban J connectivity index is 2.66. The highest BCUT2D eigenvalue weighted by atomic mass is 35.5. The van der Waals surface area contributed by atoms with Gasteiger partial charge in [-0.3, -0.25) is 4.79 Å². The van der Waals surface area contributed by atoms with Gasteiger partial charge in [0.15, 0.2) is 0 Å². The molecule has 3 heteroatoms. The molecule has 1 unspecified atom stereocenters. The molecule has 16 heavy (non-hydrogen) atoms. The average Bonchev–Trinajstić information content (AvgIpc) is 2.35. The summed E-state index contributed by atoms with van der Waals surface area (Å²) in [5.74, 6) is 0.0236. The molecule has 0 fully saturated rings. The zero-order valence-corrected chi connectivity index (χ0v) is 10.6. The molecule has 0 aliphatic carbocycles. The molecule has 0 saturated heterocycles. The maximum Gasteiger partial charge on any atom is 0.240 e. The van der Waals surface area contributed by atoms with E-state index in [-0.39, 0.29) is 5.91 Å². The van der Waals surface area contributed by atoms with Crippen LogP contribution in [0.2, 0.25) is 0 Å². The molecular weight excluding hydrogens is 222 g/mol. The Morgan fingerprint density at radius 2 is 1.94 bits per heavy atom. The number of hydrogen-bond acceptors (Lipinski definition) is 1. The minimum absolute atomic E-state index is 0.0236. The average molecular weight is 240 g/mol. The minimum atomic E-state index is -0.399. The summed E-state index contributed by atoms with van der Waals surface area (Å²) in [4.78, 5) is 13.7. The van der Waals surface area contributed by atoms with Gasteiger partial charge in [-0.05, 0) is 18.9 Å². The molecule has 0 N–H and O–H groups in total. The lowest BCUT2D eigenvalue weighted by Gasteiger charge is -2.23. The van der Waals surface area contributed by atoms with Crippen LogP contribution in [0.5, 0.6) is 0 Å². The Hall–Kier alpha value is -1.02. The number of carbonyl (C=O) groups excluding carboxylic acids is 1. The standard InChI is InChI=1S/C13H18ClNO/c1-3-12(14)13(16)15(4-2)10-11-8-6-5-7-9-11/h5-9,12H,3-4,10H2,1-2H3. The van der Waals surface area contributed by atoms with Crippen LogP contribution in [0.4, 0.5) is 0 Å². The molecule has 1 aromatic rings. The molecular formula is C13H18ClNO. The maximum atomic E-state index is 11.9. The van der Waals surface area contributed by atoms with Crippen LogP contribution in [0.15, 0.2) is 30.3 Å². The molecule has 0 bridgehead atoms. The number of halogens is 1. The second-order valence-electron chi connectivity index (χ2n) is 3.71. The Labute approximate surface area is 102 Å². The summed E-state index contributed by atoms with van der Waals surface area (Å²) in [5.41, 5.74) is 1.14. The molecule has 0 saturated carbocycles. The predicted molar refractivity (Wildman–Crippen MR) is 67.5 cm³/mol. The van der Waals surface area contributed by atoms with Gasteiger partial charge in [-0.2, -0.15) is 0 Å². The van der Waals surface area contributed by atoms with Crippen LogP contribution >= 0.6 is 11.6 Å². The highest BCUT2D eigenvalue weighted by Crippen LogP contribution is 2.10. The lowest BCUT2D eigenvalue weighted by Crippen LogP contribution is -2.35. The molecule has 2 nitrogen and oxygen atoms in total. The molecule has 1 rings (SSSR count). The van der Waals surface area contributed by atoms with Crippen LogP contribution in [-0.2, 0) is 11.3 Å². The van der Waals surface area contributed by atoms with Gasteiger partial charge in [0.2, 0.25) is 5.91 Å². The third kappa shape index (κ3) is 3.53. The van der Waals surface area contributed by atoms with Gasteiger partial charge in [-0.15, -0.1) is 11.6 Å². The Bertz CT molecular complexity index is 326. The zero-order valence-electron chi connectivity index (χ0n) is 9.82. The van der Waals surface area contributed by atoms with Gasteiger partial charge in [0.1, 0.15) is 5.38 Å². The summed E-state index contributed by atoms with van der Waals surface area (Å²) < 4.78 is 0. The van der Waals surface area contributed by atoms with Crippen molar-refractivity contribution in [2.75, 3.05) is 6.54 Å². The van der Waals surface area contributed by atoms with E-state index in [1.807, 2.05) is 44.2 Å². The fourth-order valence-corrected chi connectivity index (χ4v) is 1.66. The number of carbonyl (C=O) groups is 1. The summed E-state index contributed by atoms with van der Waals surface area (Å²) in [6, 6.07) is 9.96. The SMILES string of the molecule is CCC(Cl)C(=O)N(CC)Cc1ccccc1. The fraction of sp³-hybridized carbons (Fsp3) is 0.462. The number of alkyl halides is 1. The first-order valence-corrected chi connectivity index (χ1v) is 6.09. The van der Waals surface area contributed by atoms with Crippen LogP contribution in [0.3, 0.4) is 0 Å². The molecule has 1 atom stereocenters. The van der Waals surface area contributed by atoms with Crippen molar-refractivity contribution in [3.63, 3.8) is 0 Å². The largest absolute Gasteiger partial charge is 0.337 e. The maximum absolute atomic E-state index is 11.9. The lowest BCUT2D eigenvalue weighted by atomic mass is 10.2. The first-order valence-electron chi connectivity index (χ1n) is 5.65. The van der Waals surface area contributed by atoms with Gasteiger partial charge in [-0.1, -0.05) is 37.3 Å². The molecule has 0 radical (unpaired) electrons. The predicted octanol–water partition coefficient (Wildman–Crippen LogP) is 3.05. The number of rotatable bonds is 5. The smallest absolute Gasteiger partial charge is 0.240 e. The third-order valence-electron chi connectivity index (χ3n) is 2.54. The number of benzene rings is 1. The summed E-state index contributed by atoms with van der Waals surface area (Å²) in [6.07, 6.45) is 0.672. The Morgan fingerprint density at radius 3 is 2.44 bits per heavy atom. The van der Waals surface area contributed by atoms with Crippen molar-refractivity contribution in [1.29, 1.82) is 0 Å². The van der Waals surface area contributed by atoms with E-state index in [1.165, 1.54) is 0 Å². The summed E-state index contributed by atoms with van der Waals surface area (Å²) >= 11 is 5.96. The van der Waals surface area contributed by atoms with Gasteiger partial charge >= 0.3 is 0 Å². The second-order valence-corrected chi connectivity index (χ2v) is 4.24. The zero-order chi connectivity index (χ0) is 12.0. The molecule has 0 aromatic heterocycles. The molecule has 0 aliphatic heterocycles. The number of nitrogens with zero attached hydrogens (tertiary/aromatic N) is 1. The van der Waals surface area contributed by atoms with E-state index >= 15 is 0 Å². The van der Waals surface area contributed by atoms with E-state index in [0.29, 0.717) is 19.5 Å². The third-order valence-corrected chi connectivity index (χ3v) is 3.03. The molecule has 0 aliphatic rings. The van der Waals surface area contributed by atoms with Crippen molar-refractivity contribution >= 4 is 17.5 Å². The van der Waals surface area contributed by atoms with Crippen LogP contribution in [0.25, 0.3) is 0 Å². The first kappa shape index (κ1) is 13.0. The van der Waals surface area contributed by atoms with Crippen LogP contribution in [0.1, 0.15) is 25.8 Å². The lowest BCUT2D eigenvalue weighted by molar-refractivity contribution is -0.131. The number of amides is 1. The monoisotopic (exact) mass is 239 g/mol. The highest BCUT2D eigenvalue weighted by molar-refractivity contribution is 6.30. The normalized spacial score (nSPS) is 12.2. The van der Waals surface area contributed by atoms with Crippen molar-refractivity contribution in [3.8, 4) is 0 Å². The first-order chi connectivity index (χ1) is 7.69. The quantitative estimate of drug-likeness (QED) is 0.724. The summed E-state index contributed by atoms with van der Waals surface area (Å²) in [7, 11) is 0. The van der Waals surface area contributed by atoms with E-state index in [2.05, 4.69) is 0 Å². The molecule has 0 spiro atoms. The van der Waals surface area contributed by atoms with Crippen molar-refractivity contribution < 1.29 is 4.79 Å².